The molecule has 0 unspecified atom stereocenters. The summed E-state index contributed by atoms with van der Waals surface area (Å²) in [7, 11) is 0. The number of benzene rings is 1. The number of ketones is 1. The molecule has 0 saturated heterocycles. The largest absolute Gasteiger partial charge is 0.481 e. The van der Waals surface area contributed by atoms with Gasteiger partial charge in [0.15, 0.2) is 5.78 Å². The van der Waals surface area contributed by atoms with Gasteiger partial charge in [-0.05, 0) is 12.0 Å². The molecule has 3 nitrogen and oxygen atoms in total. The first-order valence-corrected chi connectivity index (χ1v) is 5.37. The Hall–Kier alpha value is -1.64. The molecule has 3 heteroatoms. The van der Waals surface area contributed by atoms with Crippen LogP contribution < -0.4 is 0 Å². The van der Waals surface area contributed by atoms with Gasteiger partial charge >= 0.3 is 5.97 Å². The lowest BCUT2D eigenvalue weighted by atomic mass is 9.69. The number of carbonyl (C=O) groups excluding carboxylic acids is 1. The number of Topliss-reactive ketones (excluding diaryl/α,β-unsaturated/α-hetero) is 1. The maximum Gasteiger partial charge on any atom is 0.304 e. The average molecular weight is 218 g/mol. The van der Waals surface area contributed by atoms with E-state index in [2.05, 4.69) is 0 Å². The third kappa shape index (κ3) is 1.73. The summed E-state index contributed by atoms with van der Waals surface area (Å²) in [5, 5.41) is 8.94. The van der Waals surface area contributed by atoms with E-state index < -0.39 is 11.4 Å². The van der Waals surface area contributed by atoms with Crippen LogP contribution in [-0.4, -0.2) is 16.9 Å². The van der Waals surface area contributed by atoms with Gasteiger partial charge in [-0.3, -0.25) is 9.59 Å². The zero-order valence-corrected chi connectivity index (χ0v) is 9.19. The fraction of sp³-hybridized carbons (Fsp3) is 0.385. The molecular weight excluding hydrogens is 204 g/mol. The Morgan fingerprint density at radius 2 is 2.12 bits per heavy atom. The minimum Gasteiger partial charge on any atom is -0.481 e. The lowest BCUT2D eigenvalue weighted by molar-refractivity contribution is -0.138. The van der Waals surface area contributed by atoms with Crippen LogP contribution in [0.5, 0.6) is 0 Å². The van der Waals surface area contributed by atoms with Crippen LogP contribution in [0.15, 0.2) is 24.3 Å². The van der Waals surface area contributed by atoms with Crippen molar-refractivity contribution in [2.24, 2.45) is 0 Å². The van der Waals surface area contributed by atoms with Crippen LogP contribution in [-0.2, 0) is 10.2 Å². The Morgan fingerprint density at radius 1 is 1.44 bits per heavy atom. The molecule has 0 saturated carbocycles. The van der Waals surface area contributed by atoms with Gasteiger partial charge in [0.2, 0.25) is 0 Å². The Labute approximate surface area is 94.1 Å². The van der Waals surface area contributed by atoms with Crippen LogP contribution in [0.1, 0.15) is 42.1 Å². The SMILES string of the molecule is C[C@@]1(CC(=O)O)CCC(=O)c2ccccc21. The number of carboxylic acid groups (broad SMARTS) is 1. The van der Waals surface area contributed by atoms with E-state index in [4.69, 9.17) is 5.11 Å². The summed E-state index contributed by atoms with van der Waals surface area (Å²) >= 11 is 0. The predicted molar refractivity (Wildman–Crippen MR) is 59.6 cm³/mol. The molecule has 0 amide bonds. The quantitative estimate of drug-likeness (QED) is 0.829. The second kappa shape index (κ2) is 3.74. The average Bonchev–Trinajstić information content (AvgIpc) is 2.24. The highest BCUT2D eigenvalue weighted by atomic mass is 16.4. The zero-order chi connectivity index (χ0) is 11.8. The van der Waals surface area contributed by atoms with E-state index in [0.717, 1.165) is 5.56 Å². The highest BCUT2D eigenvalue weighted by molar-refractivity contribution is 5.99. The van der Waals surface area contributed by atoms with Crippen LogP contribution in [0.4, 0.5) is 0 Å². The maximum absolute atomic E-state index is 11.7. The van der Waals surface area contributed by atoms with E-state index >= 15 is 0 Å². The number of fused-ring (bicyclic) bond motifs is 1. The molecule has 2 rings (SSSR count). The summed E-state index contributed by atoms with van der Waals surface area (Å²) in [6, 6.07) is 7.34. The first-order valence-electron chi connectivity index (χ1n) is 5.37. The maximum atomic E-state index is 11.7. The monoisotopic (exact) mass is 218 g/mol. The summed E-state index contributed by atoms with van der Waals surface area (Å²) < 4.78 is 0. The number of hydrogen-bond acceptors (Lipinski definition) is 2. The van der Waals surface area contributed by atoms with E-state index in [9.17, 15) is 9.59 Å². The molecule has 0 bridgehead atoms. The standard InChI is InChI=1S/C13H14O3/c1-13(8-12(15)16)7-6-11(14)9-4-2-3-5-10(9)13/h2-5H,6-8H2,1H3,(H,15,16)/t13-/m0/s1. The van der Waals surface area contributed by atoms with E-state index in [0.29, 0.717) is 18.4 Å². The number of hydrogen-bond donors (Lipinski definition) is 1. The third-order valence-electron chi connectivity index (χ3n) is 3.32. The molecule has 0 aromatic heterocycles. The molecular formula is C13H14O3. The smallest absolute Gasteiger partial charge is 0.304 e. The Balaban J connectivity index is 2.49. The first kappa shape index (κ1) is 10.9. The lowest BCUT2D eigenvalue weighted by Crippen LogP contribution is -2.32. The van der Waals surface area contributed by atoms with Gasteiger partial charge < -0.3 is 5.11 Å². The summed E-state index contributed by atoms with van der Waals surface area (Å²) in [4.78, 5) is 22.6. The second-order valence-electron chi connectivity index (χ2n) is 4.60. The van der Waals surface area contributed by atoms with Gasteiger partial charge in [0.25, 0.3) is 0 Å². The number of aliphatic carboxylic acids is 1. The van der Waals surface area contributed by atoms with E-state index in [-0.39, 0.29) is 12.2 Å². The number of carboxylic acids is 1. The number of carbonyl (C=O) groups is 2. The van der Waals surface area contributed by atoms with Crippen molar-refractivity contribution in [3.8, 4) is 0 Å². The second-order valence-corrected chi connectivity index (χ2v) is 4.60. The van der Waals surface area contributed by atoms with E-state index in [1.165, 1.54) is 0 Å². The summed E-state index contributed by atoms with van der Waals surface area (Å²) in [6.45, 7) is 1.92. The van der Waals surface area contributed by atoms with Gasteiger partial charge in [-0.25, -0.2) is 0 Å². The molecule has 1 aliphatic carbocycles. The molecule has 0 spiro atoms. The van der Waals surface area contributed by atoms with Gasteiger partial charge in [-0.2, -0.15) is 0 Å². The Kier molecular flexibility index (Phi) is 2.54. The summed E-state index contributed by atoms with van der Waals surface area (Å²) in [6.07, 6.45) is 1.15. The number of rotatable bonds is 2. The van der Waals surface area contributed by atoms with Crippen molar-refractivity contribution in [2.45, 2.75) is 31.6 Å². The topological polar surface area (TPSA) is 54.4 Å². The van der Waals surface area contributed by atoms with Crippen molar-refractivity contribution in [2.75, 3.05) is 0 Å². The Bertz CT molecular complexity index is 450. The molecule has 0 radical (unpaired) electrons. The predicted octanol–water partition coefficient (Wildman–Crippen LogP) is 2.40. The van der Waals surface area contributed by atoms with Gasteiger partial charge in [0, 0.05) is 17.4 Å². The van der Waals surface area contributed by atoms with Crippen molar-refractivity contribution in [1.82, 2.24) is 0 Å². The highest BCUT2D eigenvalue weighted by Crippen LogP contribution is 2.39. The van der Waals surface area contributed by atoms with Gasteiger partial charge in [0.05, 0.1) is 6.42 Å². The van der Waals surface area contributed by atoms with Crippen LogP contribution in [0.25, 0.3) is 0 Å². The van der Waals surface area contributed by atoms with Crippen molar-refractivity contribution in [3.63, 3.8) is 0 Å². The van der Waals surface area contributed by atoms with Crippen LogP contribution in [0, 0.1) is 0 Å². The lowest BCUT2D eigenvalue weighted by Gasteiger charge is -2.33. The van der Waals surface area contributed by atoms with Gasteiger partial charge in [-0.1, -0.05) is 31.2 Å². The van der Waals surface area contributed by atoms with E-state index in [1.807, 2.05) is 25.1 Å². The van der Waals surface area contributed by atoms with Crippen LogP contribution >= 0.6 is 0 Å². The van der Waals surface area contributed by atoms with Gasteiger partial charge in [-0.15, -0.1) is 0 Å². The molecule has 0 aliphatic heterocycles. The van der Waals surface area contributed by atoms with Crippen molar-refractivity contribution >= 4 is 11.8 Å². The fourth-order valence-electron chi connectivity index (χ4n) is 2.43. The minimum atomic E-state index is -0.813. The van der Waals surface area contributed by atoms with Crippen LogP contribution in [0.3, 0.4) is 0 Å². The molecule has 84 valence electrons. The molecule has 0 fully saturated rings. The summed E-state index contributed by atoms with van der Waals surface area (Å²) in [5.41, 5.74) is 1.17. The van der Waals surface area contributed by atoms with Crippen molar-refractivity contribution in [1.29, 1.82) is 0 Å². The zero-order valence-electron chi connectivity index (χ0n) is 9.19. The summed E-state index contributed by atoms with van der Waals surface area (Å²) in [5.74, 6) is -0.690. The van der Waals surface area contributed by atoms with Crippen molar-refractivity contribution in [3.05, 3.63) is 35.4 Å². The first-order chi connectivity index (χ1) is 7.53. The molecule has 1 N–H and O–H groups in total. The third-order valence-corrected chi connectivity index (χ3v) is 3.32. The molecule has 0 heterocycles. The van der Waals surface area contributed by atoms with Gasteiger partial charge in [0.1, 0.15) is 0 Å². The Morgan fingerprint density at radius 3 is 2.81 bits per heavy atom. The normalized spacial score (nSPS) is 23.9. The fourth-order valence-corrected chi connectivity index (χ4v) is 2.43. The minimum absolute atomic E-state index is 0.0806. The molecule has 1 aliphatic rings. The molecule has 1 aromatic rings. The van der Waals surface area contributed by atoms with E-state index in [1.54, 1.807) is 6.07 Å². The van der Waals surface area contributed by atoms with Crippen LogP contribution in [0.2, 0.25) is 0 Å². The molecule has 16 heavy (non-hydrogen) atoms. The highest BCUT2D eigenvalue weighted by Gasteiger charge is 2.36. The molecule has 1 aromatic carbocycles. The van der Waals surface area contributed by atoms with Crippen molar-refractivity contribution < 1.29 is 14.7 Å². The molecule has 1 atom stereocenters.